The summed E-state index contributed by atoms with van der Waals surface area (Å²) in [4.78, 5) is 0. The number of fused-ring (bicyclic) bond motifs is 1. The molecule has 1 fully saturated rings. The molecule has 2 aliphatic rings. The fraction of sp³-hybridized carbons (Fsp3) is 0.538. The molecule has 0 spiro atoms. The van der Waals surface area contributed by atoms with Crippen LogP contribution in [0.15, 0.2) is 18.2 Å². The third-order valence-corrected chi connectivity index (χ3v) is 3.07. The average molecular weight is 220 g/mol. The maximum atomic E-state index is 5.67. The molecular weight excluding hydrogens is 204 g/mol. The molecule has 0 radical (unpaired) electrons. The van der Waals surface area contributed by atoms with Gasteiger partial charge in [0.25, 0.3) is 0 Å². The van der Waals surface area contributed by atoms with Crippen LogP contribution in [0.3, 0.4) is 0 Å². The van der Waals surface area contributed by atoms with Gasteiger partial charge in [-0.05, 0) is 30.5 Å². The number of hydrogen-bond donors (Lipinski definition) is 0. The first-order valence-corrected chi connectivity index (χ1v) is 5.94. The Balaban J connectivity index is 1.88. The molecule has 2 aliphatic heterocycles. The number of hydrogen-bond acceptors (Lipinski definition) is 3. The number of rotatable bonds is 1. The first kappa shape index (κ1) is 9.97. The fourth-order valence-corrected chi connectivity index (χ4v) is 2.22. The second-order valence-corrected chi connectivity index (χ2v) is 4.26. The van der Waals surface area contributed by atoms with Crippen molar-refractivity contribution in [1.29, 1.82) is 0 Å². The van der Waals surface area contributed by atoms with Gasteiger partial charge in [0.15, 0.2) is 11.5 Å². The molecule has 3 heteroatoms. The van der Waals surface area contributed by atoms with Crippen molar-refractivity contribution < 1.29 is 14.2 Å². The van der Waals surface area contributed by atoms with Gasteiger partial charge in [-0.3, -0.25) is 0 Å². The molecule has 16 heavy (non-hydrogen) atoms. The van der Waals surface area contributed by atoms with Gasteiger partial charge in [-0.2, -0.15) is 0 Å². The van der Waals surface area contributed by atoms with E-state index in [-0.39, 0.29) is 6.10 Å². The summed E-state index contributed by atoms with van der Waals surface area (Å²) >= 11 is 0. The largest absolute Gasteiger partial charge is 0.490 e. The maximum absolute atomic E-state index is 5.67. The average Bonchev–Trinajstić information content (AvgIpc) is 2.74. The first-order valence-electron chi connectivity index (χ1n) is 5.94. The van der Waals surface area contributed by atoms with Gasteiger partial charge in [0.05, 0.1) is 19.3 Å². The predicted molar refractivity (Wildman–Crippen MR) is 60.0 cm³/mol. The van der Waals surface area contributed by atoms with E-state index in [0.717, 1.165) is 50.6 Å². The Hall–Kier alpha value is -1.22. The van der Waals surface area contributed by atoms with Crippen molar-refractivity contribution in [3.63, 3.8) is 0 Å². The normalized spacial score (nSPS) is 24.1. The van der Waals surface area contributed by atoms with Crippen LogP contribution in [-0.2, 0) is 4.74 Å². The van der Waals surface area contributed by atoms with Crippen molar-refractivity contribution >= 4 is 0 Å². The summed E-state index contributed by atoms with van der Waals surface area (Å²) in [6.45, 7) is 2.35. The lowest BCUT2D eigenvalue weighted by atomic mass is 10.1. The van der Waals surface area contributed by atoms with Gasteiger partial charge < -0.3 is 14.2 Å². The summed E-state index contributed by atoms with van der Waals surface area (Å²) in [5.74, 6) is 1.73. The molecule has 1 atom stereocenters. The second kappa shape index (κ2) is 4.34. The maximum Gasteiger partial charge on any atom is 0.161 e. The molecule has 1 unspecified atom stereocenters. The molecule has 0 amide bonds. The summed E-state index contributed by atoms with van der Waals surface area (Å²) < 4.78 is 16.9. The summed E-state index contributed by atoms with van der Waals surface area (Å²) in [7, 11) is 0. The van der Waals surface area contributed by atoms with Crippen LogP contribution in [0.2, 0.25) is 0 Å². The van der Waals surface area contributed by atoms with Gasteiger partial charge in [-0.15, -0.1) is 0 Å². The van der Waals surface area contributed by atoms with Crippen molar-refractivity contribution in [1.82, 2.24) is 0 Å². The summed E-state index contributed by atoms with van der Waals surface area (Å²) in [5.41, 5.74) is 1.21. The molecule has 0 N–H and O–H groups in total. The third-order valence-electron chi connectivity index (χ3n) is 3.07. The van der Waals surface area contributed by atoms with E-state index >= 15 is 0 Å². The quantitative estimate of drug-likeness (QED) is 0.728. The first-order chi connectivity index (χ1) is 7.93. The van der Waals surface area contributed by atoms with E-state index in [0.29, 0.717) is 0 Å². The number of ether oxygens (including phenoxy) is 3. The van der Waals surface area contributed by atoms with Crippen molar-refractivity contribution in [2.75, 3.05) is 19.8 Å². The summed E-state index contributed by atoms with van der Waals surface area (Å²) in [6.07, 6.45) is 3.46. The minimum atomic E-state index is 0.247. The van der Waals surface area contributed by atoms with E-state index in [2.05, 4.69) is 12.1 Å². The lowest BCUT2D eigenvalue weighted by Gasteiger charge is -2.13. The SMILES string of the molecule is c1cc2c(cc1C1CCCO1)OCCCO2. The smallest absolute Gasteiger partial charge is 0.161 e. The van der Waals surface area contributed by atoms with Crippen LogP contribution >= 0.6 is 0 Å². The highest BCUT2D eigenvalue weighted by atomic mass is 16.5. The molecule has 0 aliphatic carbocycles. The van der Waals surface area contributed by atoms with E-state index in [1.807, 2.05) is 6.07 Å². The van der Waals surface area contributed by atoms with E-state index in [1.165, 1.54) is 5.56 Å². The Morgan fingerprint density at radius 2 is 1.81 bits per heavy atom. The van der Waals surface area contributed by atoms with Crippen LogP contribution in [0.5, 0.6) is 11.5 Å². The molecule has 0 aromatic heterocycles. The molecule has 3 nitrogen and oxygen atoms in total. The van der Waals surface area contributed by atoms with Crippen LogP contribution in [0.25, 0.3) is 0 Å². The van der Waals surface area contributed by atoms with Crippen LogP contribution in [0.4, 0.5) is 0 Å². The zero-order valence-electron chi connectivity index (χ0n) is 9.28. The van der Waals surface area contributed by atoms with Crippen LogP contribution < -0.4 is 9.47 Å². The van der Waals surface area contributed by atoms with E-state index in [9.17, 15) is 0 Å². The molecule has 1 aromatic carbocycles. The summed E-state index contributed by atoms with van der Waals surface area (Å²) in [6, 6.07) is 6.15. The molecule has 1 aromatic rings. The molecule has 86 valence electrons. The van der Waals surface area contributed by atoms with Gasteiger partial charge in [0.1, 0.15) is 0 Å². The van der Waals surface area contributed by atoms with Crippen LogP contribution in [0.1, 0.15) is 30.9 Å². The monoisotopic (exact) mass is 220 g/mol. The standard InChI is InChI=1S/C13H16O3/c1-3-11(14-6-1)10-4-5-12-13(9-10)16-8-2-7-15-12/h4-5,9,11H,1-3,6-8H2. The highest BCUT2D eigenvalue weighted by molar-refractivity contribution is 5.44. The molecule has 1 saturated heterocycles. The minimum absolute atomic E-state index is 0.247. The number of benzene rings is 1. The molecule has 0 saturated carbocycles. The molecule has 3 rings (SSSR count). The lowest BCUT2D eigenvalue weighted by molar-refractivity contribution is 0.111. The van der Waals surface area contributed by atoms with E-state index in [4.69, 9.17) is 14.2 Å². The Bertz CT molecular complexity index is 369. The topological polar surface area (TPSA) is 27.7 Å². The lowest BCUT2D eigenvalue weighted by Crippen LogP contribution is -1.98. The van der Waals surface area contributed by atoms with Crippen LogP contribution in [-0.4, -0.2) is 19.8 Å². The van der Waals surface area contributed by atoms with Gasteiger partial charge >= 0.3 is 0 Å². The van der Waals surface area contributed by atoms with Gasteiger partial charge in [-0.25, -0.2) is 0 Å². The van der Waals surface area contributed by atoms with Gasteiger partial charge in [0, 0.05) is 13.0 Å². The predicted octanol–water partition coefficient (Wildman–Crippen LogP) is 2.70. The zero-order valence-corrected chi connectivity index (χ0v) is 9.28. The van der Waals surface area contributed by atoms with Crippen molar-refractivity contribution in [2.45, 2.75) is 25.4 Å². The Kier molecular flexibility index (Phi) is 2.70. The minimum Gasteiger partial charge on any atom is -0.490 e. The Morgan fingerprint density at radius 1 is 0.938 bits per heavy atom. The van der Waals surface area contributed by atoms with Gasteiger partial charge in [-0.1, -0.05) is 6.07 Å². The van der Waals surface area contributed by atoms with Crippen molar-refractivity contribution in [3.05, 3.63) is 23.8 Å². The van der Waals surface area contributed by atoms with Crippen molar-refractivity contribution in [2.24, 2.45) is 0 Å². The van der Waals surface area contributed by atoms with Crippen LogP contribution in [0, 0.1) is 0 Å². The van der Waals surface area contributed by atoms with Gasteiger partial charge in [0.2, 0.25) is 0 Å². The highest BCUT2D eigenvalue weighted by Crippen LogP contribution is 2.36. The second-order valence-electron chi connectivity index (χ2n) is 4.26. The van der Waals surface area contributed by atoms with E-state index < -0.39 is 0 Å². The zero-order chi connectivity index (χ0) is 10.8. The molecule has 0 bridgehead atoms. The third kappa shape index (κ3) is 1.87. The van der Waals surface area contributed by atoms with E-state index in [1.54, 1.807) is 0 Å². The Labute approximate surface area is 95.3 Å². The summed E-state index contributed by atoms with van der Waals surface area (Å²) in [5, 5.41) is 0. The Morgan fingerprint density at radius 3 is 2.62 bits per heavy atom. The highest BCUT2D eigenvalue weighted by Gasteiger charge is 2.20. The van der Waals surface area contributed by atoms with Crippen molar-refractivity contribution in [3.8, 4) is 11.5 Å². The fourth-order valence-electron chi connectivity index (χ4n) is 2.22. The molecule has 2 heterocycles. The molecular formula is C13H16O3.